The first-order valence-corrected chi connectivity index (χ1v) is 9.18. The predicted molar refractivity (Wildman–Crippen MR) is 96.1 cm³/mol. The summed E-state index contributed by atoms with van der Waals surface area (Å²) < 4.78 is 78.4. The molecule has 1 fully saturated rings. The summed E-state index contributed by atoms with van der Waals surface area (Å²) in [6.07, 6.45) is -8.37. The maximum absolute atomic E-state index is 13.3. The molecule has 2 nitrogen and oxygen atoms in total. The van der Waals surface area contributed by atoms with Crippen LogP contribution in [0.5, 0.6) is 0 Å². The van der Waals surface area contributed by atoms with Crippen LogP contribution in [0.2, 0.25) is 0 Å². The molecule has 1 aliphatic heterocycles. The monoisotopic (exact) mass is 439 g/mol. The minimum Gasteiger partial charge on any atom is -0.307 e. The van der Waals surface area contributed by atoms with Crippen molar-refractivity contribution in [2.45, 2.75) is 12.4 Å². The number of hydrogen-bond acceptors (Lipinski definition) is 4. The number of benzene rings is 1. The summed E-state index contributed by atoms with van der Waals surface area (Å²) in [4.78, 5) is 12.4. The van der Waals surface area contributed by atoms with Crippen molar-refractivity contribution in [3.8, 4) is 11.1 Å². The van der Waals surface area contributed by atoms with Gasteiger partial charge in [-0.25, -0.2) is 0 Å². The summed E-state index contributed by atoms with van der Waals surface area (Å²) in [6.45, 7) is 0. The normalized spacial score (nSPS) is 16.9. The number of thioether (sulfide) groups is 1. The summed E-state index contributed by atoms with van der Waals surface area (Å²) in [6, 6.07) is 2.89. The van der Waals surface area contributed by atoms with Gasteiger partial charge in [-0.05, 0) is 40.8 Å². The van der Waals surface area contributed by atoms with E-state index in [-0.39, 0.29) is 26.4 Å². The van der Waals surface area contributed by atoms with Crippen molar-refractivity contribution in [1.29, 1.82) is 0 Å². The van der Waals surface area contributed by atoms with Gasteiger partial charge in [0.25, 0.3) is 5.91 Å². The van der Waals surface area contributed by atoms with Crippen LogP contribution in [0.4, 0.5) is 26.3 Å². The number of amides is 1. The molecule has 1 saturated heterocycles. The van der Waals surface area contributed by atoms with Gasteiger partial charge in [0.05, 0.1) is 16.0 Å². The van der Waals surface area contributed by atoms with Crippen LogP contribution in [-0.4, -0.2) is 10.2 Å². The number of thiophene rings is 1. The van der Waals surface area contributed by atoms with E-state index in [2.05, 4.69) is 5.32 Å². The molecule has 0 atom stereocenters. The van der Waals surface area contributed by atoms with Crippen molar-refractivity contribution < 1.29 is 31.1 Å². The van der Waals surface area contributed by atoms with Gasteiger partial charge in [0, 0.05) is 4.88 Å². The lowest BCUT2D eigenvalue weighted by atomic mass is 9.98. The number of thiocarbonyl (C=S) groups is 1. The first kappa shape index (κ1) is 19.9. The Balaban J connectivity index is 2.02. The Morgan fingerprint density at radius 2 is 1.74 bits per heavy atom. The van der Waals surface area contributed by atoms with E-state index in [1.807, 2.05) is 0 Å². The fraction of sp³-hybridized carbons (Fsp3) is 0.125. The number of halogens is 6. The Kier molecular flexibility index (Phi) is 5.12. The van der Waals surface area contributed by atoms with Crippen molar-refractivity contribution in [1.82, 2.24) is 5.32 Å². The molecular weight excluding hydrogens is 432 g/mol. The second kappa shape index (κ2) is 6.95. The van der Waals surface area contributed by atoms with Gasteiger partial charge in [0.2, 0.25) is 0 Å². The highest BCUT2D eigenvalue weighted by molar-refractivity contribution is 8.26. The van der Waals surface area contributed by atoms with E-state index in [4.69, 9.17) is 12.2 Å². The van der Waals surface area contributed by atoms with Crippen LogP contribution in [0.25, 0.3) is 17.2 Å². The quantitative estimate of drug-likeness (QED) is 0.357. The fourth-order valence-electron chi connectivity index (χ4n) is 2.33. The molecule has 0 spiro atoms. The maximum atomic E-state index is 13.3. The minimum absolute atomic E-state index is 0.101. The lowest BCUT2D eigenvalue weighted by molar-refractivity contribution is -0.142. The van der Waals surface area contributed by atoms with E-state index in [9.17, 15) is 31.1 Å². The van der Waals surface area contributed by atoms with Crippen LogP contribution in [0.3, 0.4) is 0 Å². The summed E-state index contributed by atoms with van der Waals surface area (Å²) in [5.41, 5.74) is -3.00. The van der Waals surface area contributed by atoms with Gasteiger partial charge in [-0.1, -0.05) is 30.0 Å². The Morgan fingerprint density at radius 3 is 2.30 bits per heavy atom. The summed E-state index contributed by atoms with van der Waals surface area (Å²) in [5.74, 6) is -0.412. The molecule has 11 heteroatoms. The van der Waals surface area contributed by atoms with Crippen LogP contribution < -0.4 is 5.32 Å². The van der Waals surface area contributed by atoms with Crippen molar-refractivity contribution in [3.05, 3.63) is 50.6 Å². The van der Waals surface area contributed by atoms with Gasteiger partial charge in [-0.3, -0.25) is 4.79 Å². The number of hydrogen-bond donors (Lipinski definition) is 1. The maximum Gasteiger partial charge on any atom is 0.417 e. The summed E-state index contributed by atoms with van der Waals surface area (Å²) in [5, 5.41) is 3.80. The van der Waals surface area contributed by atoms with Gasteiger partial charge in [-0.2, -0.15) is 26.3 Å². The molecule has 0 bridgehead atoms. The third-order valence-corrected chi connectivity index (χ3v) is 5.54. The van der Waals surface area contributed by atoms with E-state index in [0.717, 1.165) is 29.2 Å². The van der Waals surface area contributed by atoms with Gasteiger partial charge in [-0.15, -0.1) is 11.3 Å². The molecule has 1 amide bonds. The fourth-order valence-corrected chi connectivity index (χ4v) is 4.28. The summed E-state index contributed by atoms with van der Waals surface area (Å²) >= 11 is 6.93. The van der Waals surface area contributed by atoms with E-state index in [1.54, 1.807) is 0 Å². The third kappa shape index (κ3) is 4.36. The second-order valence-corrected chi connectivity index (χ2v) is 8.01. The highest BCUT2D eigenvalue weighted by Gasteiger charge is 2.38. The second-order valence-electron chi connectivity index (χ2n) is 5.35. The Morgan fingerprint density at radius 1 is 1.04 bits per heavy atom. The van der Waals surface area contributed by atoms with Gasteiger partial charge < -0.3 is 5.32 Å². The van der Waals surface area contributed by atoms with Crippen molar-refractivity contribution in [2.24, 2.45) is 0 Å². The minimum atomic E-state index is -4.95. The molecule has 2 heterocycles. The standard InChI is InChI=1S/C16H7F6NOS3/c17-15(18,19)8-1-2-10(11(4-8)16(20,21)22)7-3-9(26-6-7)5-12-13(24)23-14(25)27-12/h1-6H,(H,23,24,25). The number of rotatable bonds is 2. The molecule has 27 heavy (non-hydrogen) atoms. The zero-order valence-corrected chi connectivity index (χ0v) is 15.3. The van der Waals surface area contributed by atoms with Crippen LogP contribution in [0.15, 0.2) is 34.6 Å². The molecule has 0 unspecified atom stereocenters. The molecule has 0 radical (unpaired) electrons. The van der Waals surface area contributed by atoms with Crippen molar-refractivity contribution in [2.75, 3.05) is 0 Å². The number of carbonyl (C=O) groups excluding carboxylic acids is 1. The van der Waals surface area contributed by atoms with E-state index in [1.165, 1.54) is 17.5 Å². The number of alkyl halides is 6. The van der Waals surface area contributed by atoms with Gasteiger partial charge in [0.1, 0.15) is 4.32 Å². The number of nitrogens with one attached hydrogen (secondary N) is 1. The lowest BCUT2D eigenvalue weighted by Gasteiger charge is -2.15. The average molecular weight is 439 g/mol. The van der Waals surface area contributed by atoms with Crippen LogP contribution >= 0.6 is 35.3 Å². The largest absolute Gasteiger partial charge is 0.417 e. The van der Waals surface area contributed by atoms with Crippen molar-refractivity contribution >= 4 is 51.6 Å². The Bertz CT molecular complexity index is 958. The first-order chi connectivity index (χ1) is 12.4. The van der Waals surface area contributed by atoms with Crippen LogP contribution in [-0.2, 0) is 17.1 Å². The zero-order chi connectivity index (χ0) is 20.0. The Hall–Kier alpha value is -1.85. The molecule has 0 aliphatic carbocycles. The first-order valence-electron chi connectivity index (χ1n) is 7.07. The van der Waals surface area contributed by atoms with E-state index < -0.39 is 29.4 Å². The van der Waals surface area contributed by atoms with Gasteiger partial charge >= 0.3 is 12.4 Å². The zero-order valence-electron chi connectivity index (χ0n) is 12.9. The molecule has 0 saturated carbocycles. The van der Waals surface area contributed by atoms with Crippen LogP contribution in [0.1, 0.15) is 16.0 Å². The van der Waals surface area contributed by atoms with E-state index in [0.29, 0.717) is 10.9 Å². The van der Waals surface area contributed by atoms with Crippen molar-refractivity contribution in [3.63, 3.8) is 0 Å². The molecular formula is C16H7F6NOS3. The SMILES string of the molecule is O=C1NC(=S)SC1=Cc1cc(-c2ccc(C(F)(F)F)cc2C(F)(F)F)cs1. The Labute approximate surface area is 162 Å². The molecule has 3 rings (SSSR count). The smallest absolute Gasteiger partial charge is 0.307 e. The highest BCUT2D eigenvalue weighted by atomic mass is 32.2. The number of carbonyl (C=O) groups is 1. The van der Waals surface area contributed by atoms with Crippen LogP contribution in [0, 0.1) is 0 Å². The molecule has 1 N–H and O–H groups in total. The molecule has 1 aromatic heterocycles. The summed E-state index contributed by atoms with van der Waals surface area (Å²) in [7, 11) is 0. The topological polar surface area (TPSA) is 29.1 Å². The highest BCUT2D eigenvalue weighted by Crippen LogP contribution is 2.42. The molecule has 1 aliphatic rings. The third-order valence-electron chi connectivity index (χ3n) is 3.50. The lowest BCUT2D eigenvalue weighted by Crippen LogP contribution is -2.17. The molecule has 142 valence electrons. The van der Waals surface area contributed by atoms with Gasteiger partial charge in [0.15, 0.2) is 0 Å². The molecule has 2 aromatic rings. The van der Waals surface area contributed by atoms with E-state index >= 15 is 0 Å². The predicted octanol–water partition coefficient (Wildman–Crippen LogP) is 5.94. The molecule has 1 aromatic carbocycles. The average Bonchev–Trinajstić information content (AvgIpc) is 3.12.